The minimum absolute atomic E-state index is 0.266. The zero-order chi connectivity index (χ0) is 14.5. The molecule has 5 heteroatoms. The first-order chi connectivity index (χ1) is 9.40. The molecule has 0 saturated carbocycles. The molecule has 0 bridgehead atoms. The van der Waals surface area contributed by atoms with Crippen LogP contribution in [0.25, 0.3) is 0 Å². The molecular weight excluding hydrogens is 254 g/mol. The smallest absolute Gasteiger partial charge is 0.346 e. The summed E-state index contributed by atoms with van der Waals surface area (Å²) in [4.78, 5) is 17.9. The Hall–Kier alpha value is -2.04. The lowest BCUT2D eigenvalue weighted by molar-refractivity contribution is 0.0247. The molecule has 0 aromatic heterocycles. The van der Waals surface area contributed by atoms with Gasteiger partial charge in [-0.2, -0.15) is 4.99 Å². The number of nitrogens with zero attached hydrogens (tertiary/aromatic N) is 2. The van der Waals surface area contributed by atoms with E-state index < -0.39 is 11.1 Å². The van der Waals surface area contributed by atoms with Gasteiger partial charge in [-0.05, 0) is 26.8 Å². The summed E-state index contributed by atoms with van der Waals surface area (Å²) in [5.41, 5.74) is 6.01. The van der Waals surface area contributed by atoms with Crippen LogP contribution in [0.5, 0.6) is 5.75 Å². The van der Waals surface area contributed by atoms with E-state index in [-0.39, 0.29) is 6.03 Å². The largest absolute Gasteiger partial charge is 0.487 e. The monoisotopic (exact) mass is 273 g/mol. The fourth-order valence-corrected chi connectivity index (χ4v) is 3.37. The van der Waals surface area contributed by atoms with Crippen molar-refractivity contribution in [3.05, 3.63) is 29.8 Å². The van der Waals surface area contributed by atoms with Crippen LogP contribution in [-0.4, -0.2) is 28.9 Å². The average molecular weight is 273 g/mol. The molecule has 1 spiro atoms. The maximum atomic E-state index is 12.1. The van der Waals surface area contributed by atoms with Crippen LogP contribution in [0.3, 0.4) is 0 Å². The van der Waals surface area contributed by atoms with E-state index >= 15 is 0 Å². The first-order valence-corrected chi connectivity index (χ1v) is 6.85. The Morgan fingerprint density at radius 3 is 2.80 bits per heavy atom. The molecule has 20 heavy (non-hydrogen) atoms. The number of likely N-dealkylation sites (N-methyl/N-ethyl adjacent to an activating group) is 1. The number of amidine groups is 1. The summed E-state index contributed by atoms with van der Waals surface area (Å²) < 4.78 is 6.03. The number of hydrogen-bond donors (Lipinski definition) is 1. The van der Waals surface area contributed by atoms with Crippen LogP contribution in [0.2, 0.25) is 0 Å². The number of fused-ring (bicyclic) bond motifs is 2. The predicted molar refractivity (Wildman–Crippen MR) is 76.8 cm³/mol. The van der Waals surface area contributed by atoms with Crippen molar-refractivity contribution in [2.24, 2.45) is 10.7 Å². The summed E-state index contributed by atoms with van der Waals surface area (Å²) in [7, 11) is 0. The number of carbonyl (C=O) groups excluding carboxylic acids is 1. The summed E-state index contributed by atoms with van der Waals surface area (Å²) in [5, 5.41) is 0. The highest BCUT2D eigenvalue weighted by molar-refractivity contribution is 6.06. The summed E-state index contributed by atoms with van der Waals surface area (Å²) in [6, 6.07) is 7.48. The van der Waals surface area contributed by atoms with Crippen molar-refractivity contribution >= 4 is 11.9 Å². The summed E-state index contributed by atoms with van der Waals surface area (Å²) in [6.45, 7) is 6.52. The maximum absolute atomic E-state index is 12.1. The lowest BCUT2D eigenvalue weighted by Crippen LogP contribution is -2.58. The molecule has 1 aromatic carbocycles. The average Bonchev–Trinajstić information content (AvgIpc) is 2.59. The molecule has 0 aliphatic carbocycles. The summed E-state index contributed by atoms with van der Waals surface area (Å²) >= 11 is 0. The number of nitrogens with two attached hydrogens (primary N) is 1. The van der Waals surface area contributed by atoms with Crippen LogP contribution in [0, 0.1) is 0 Å². The summed E-state index contributed by atoms with van der Waals surface area (Å²) in [6.07, 6.45) is 0.603. The molecule has 1 aromatic rings. The first kappa shape index (κ1) is 13.0. The van der Waals surface area contributed by atoms with E-state index in [0.717, 1.165) is 11.3 Å². The number of carbonyl (C=O) groups is 1. The van der Waals surface area contributed by atoms with Crippen molar-refractivity contribution in [1.82, 2.24) is 4.90 Å². The van der Waals surface area contributed by atoms with E-state index in [1.165, 1.54) is 0 Å². The van der Waals surface area contributed by atoms with E-state index in [1.807, 2.05) is 45.0 Å². The number of rotatable bonds is 1. The van der Waals surface area contributed by atoms with Gasteiger partial charge in [0, 0.05) is 18.5 Å². The minimum Gasteiger partial charge on any atom is -0.487 e. The minimum atomic E-state index is -0.676. The molecule has 0 fully saturated rings. The molecule has 2 aliphatic heterocycles. The highest BCUT2D eigenvalue weighted by Crippen LogP contribution is 2.49. The second-order valence-corrected chi connectivity index (χ2v) is 5.92. The lowest BCUT2D eigenvalue weighted by atomic mass is 9.76. The molecule has 2 amide bonds. The second-order valence-electron chi connectivity index (χ2n) is 5.92. The third kappa shape index (κ3) is 1.55. The molecule has 2 heterocycles. The fraction of sp³-hybridized carbons (Fsp3) is 0.467. The number of hydrogen-bond acceptors (Lipinski definition) is 3. The van der Waals surface area contributed by atoms with Crippen molar-refractivity contribution in [2.75, 3.05) is 6.54 Å². The molecular formula is C15H19N3O2. The van der Waals surface area contributed by atoms with Gasteiger partial charge in [-0.1, -0.05) is 18.2 Å². The van der Waals surface area contributed by atoms with E-state index in [4.69, 9.17) is 10.5 Å². The Balaban J connectivity index is 2.27. The Morgan fingerprint density at radius 1 is 1.40 bits per heavy atom. The predicted octanol–water partition coefficient (Wildman–Crippen LogP) is 2.26. The van der Waals surface area contributed by atoms with Gasteiger partial charge in [0.05, 0.1) is 0 Å². The van der Waals surface area contributed by atoms with Gasteiger partial charge < -0.3 is 15.4 Å². The van der Waals surface area contributed by atoms with Crippen molar-refractivity contribution in [3.8, 4) is 5.75 Å². The highest BCUT2D eigenvalue weighted by atomic mass is 16.5. The fourth-order valence-electron chi connectivity index (χ4n) is 3.37. The van der Waals surface area contributed by atoms with Gasteiger partial charge in [0.2, 0.25) is 0 Å². The Kier molecular flexibility index (Phi) is 2.58. The highest BCUT2D eigenvalue weighted by Gasteiger charge is 2.56. The third-order valence-corrected chi connectivity index (χ3v) is 4.05. The Bertz CT molecular complexity index is 609. The van der Waals surface area contributed by atoms with Gasteiger partial charge in [0.25, 0.3) is 0 Å². The van der Waals surface area contributed by atoms with Crippen LogP contribution < -0.4 is 10.5 Å². The quantitative estimate of drug-likeness (QED) is 0.853. The van der Waals surface area contributed by atoms with Crippen LogP contribution in [0.15, 0.2) is 29.3 Å². The van der Waals surface area contributed by atoms with E-state index in [1.54, 1.807) is 4.90 Å². The SMILES string of the molecule is CCN1C(=O)N=C(N)C12CC(C)(C)Oc1ccccc12. The first-order valence-electron chi connectivity index (χ1n) is 6.85. The van der Waals surface area contributed by atoms with Gasteiger partial charge in [0.15, 0.2) is 0 Å². The van der Waals surface area contributed by atoms with Crippen molar-refractivity contribution in [3.63, 3.8) is 0 Å². The van der Waals surface area contributed by atoms with Gasteiger partial charge >= 0.3 is 6.03 Å². The lowest BCUT2D eigenvalue weighted by Gasteiger charge is -2.47. The van der Waals surface area contributed by atoms with Crippen LogP contribution in [-0.2, 0) is 5.54 Å². The number of urea groups is 1. The van der Waals surface area contributed by atoms with Crippen LogP contribution >= 0.6 is 0 Å². The van der Waals surface area contributed by atoms with E-state index in [0.29, 0.717) is 18.8 Å². The number of para-hydroxylation sites is 1. The van der Waals surface area contributed by atoms with E-state index in [9.17, 15) is 4.79 Å². The van der Waals surface area contributed by atoms with Gasteiger partial charge in [-0.15, -0.1) is 0 Å². The van der Waals surface area contributed by atoms with Crippen LogP contribution in [0.4, 0.5) is 4.79 Å². The number of ether oxygens (including phenoxy) is 1. The third-order valence-electron chi connectivity index (χ3n) is 4.05. The molecule has 1 unspecified atom stereocenters. The van der Waals surface area contributed by atoms with Gasteiger partial charge in [0.1, 0.15) is 22.7 Å². The molecule has 0 saturated heterocycles. The molecule has 2 aliphatic rings. The molecule has 106 valence electrons. The molecule has 2 N–H and O–H groups in total. The van der Waals surface area contributed by atoms with Crippen molar-refractivity contribution < 1.29 is 9.53 Å². The zero-order valence-corrected chi connectivity index (χ0v) is 12.0. The summed E-state index contributed by atoms with van der Waals surface area (Å²) in [5.74, 6) is 1.14. The normalized spacial score (nSPS) is 27.2. The number of aliphatic imine (C=N–C) groups is 1. The topological polar surface area (TPSA) is 67.9 Å². The van der Waals surface area contributed by atoms with E-state index in [2.05, 4.69) is 4.99 Å². The molecule has 3 rings (SSSR count). The second kappa shape index (κ2) is 3.98. The van der Waals surface area contributed by atoms with Gasteiger partial charge in [-0.3, -0.25) is 0 Å². The Morgan fingerprint density at radius 2 is 2.10 bits per heavy atom. The van der Waals surface area contributed by atoms with Crippen LogP contribution in [0.1, 0.15) is 32.8 Å². The zero-order valence-electron chi connectivity index (χ0n) is 12.0. The van der Waals surface area contributed by atoms with Crippen molar-refractivity contribution in [2.45, 2.75) is 38.3 Å². The number of benzene rings is 1. The molecule has 0 radical (unpaired) electrons. The number of amides is 2. The molecule has 5 nitrogen and oxygen atoms in total. The molecule has 1 atom stereocenters. The Labute approximate surface area is 118 Å². The van der Waals surface area contributed by atoms with Crippen molar-refractivity contribution in [1.29, 1.82) is 0 Å². The maximum Gasteiger partial charge on any atom is 0.346 e. The standard InChI is InChI=1S/C15H19N3O2/c1-4-18-13(19)17-12(16)15(18)9-14(2,3)20-11-8-6-5-7-10(11)15/h5-8H,4,9H2,1-3H3,(H2,16,17,19). The van der Waals surface area contributed by atoms with Gasteiger partial charge in [-0.25, -0.2) is 4.79 Å².